The number of hydrogen-bond acceptors (Lipinski definition) is 4. The first-order chi connectivity index (χ1) is 7.76. The van der Waals surface area contributed by atoms with Crippen LogP contribution < -0.4 is 4.52 Å². The van der Waals surface area contributed by atoms with Gasteiger partial charge < -0.3 is 19.0 Å². The molecule has 1 atom stereocenters. The predicted molar refractivity (Wildman–Crippen MR) is 67.6 cm³/mol. The van der Waals surface area contributed by atoms with Gasteiger partial charge in [-0.25, -0.2) is 4.79 Å². The summed E-state index contributed by atoms with van der Waals surface area (Å²) in [4.78, 5) is 20.2. The molecule has 0 heterocycles. The zero-order valence-corrected chi connectivity index (χ0v) is 11.6. The van der Waals surface area contributed by atoms with E-state index in [1.54, 1.807) is 0 Å². The number of rotatable bonds is 4. The van der Waals surface area contributed by atoms with Gasteiger partial charge in [0, 0.05) is 18.9 Å². The molecule has 1 rings (SSSR count). The van der Waals surface area contributed by atoms with Crippen molar-refractivity contribution in [1.82, 2.24) is 0 Å². The molecular weight excluding hydrogens is 310 g/mol. The molecule has 0 aliphatic rings. The van der Waals surface area contributed by atoms with Gasteiger partial charge in [-0.2, -0.15) is 0 Å². The number of carboxylic acids is 1. The van der Waals surface area contributed by atoms with Crippen molar-refractivity contribution in [2.45, 2.75) is 0 Å². The SMILES string of the molecule is COP(O)(=S)Oc1c(Cl)cc(C(=O)O)cc1Cl. The summed E-state index contributed by atoms with van der Waals surface area (Å²) in [5.74, 6) is -1.29. The topological polar surface area (TPSA) is 76.0 Å². The molecule has 0 saturated carbocycles. The number of benzene rings is 1. The van der Waals surface area contributed by atoms with Gasteiger partial charge >= 0.3 is 12.7 Å². The number of carbonyl (C=O) groups is 1. The highest BCUT2D eigenvalue weighted by Crippen LogP contribution is 2.48. The smallest absolute Gasteiger partial charge is 0.377 e. The number of aromatic carboxylic acids is 1. The Kier molecular flexibility index (Phi) is 4.77. The van der Waals surface area contributed by atoms with Crippen LogP contribution in [0.2, 0.25) is 10.0 Å². The molecule has 0 amide bonds. The molecule has 1 aromatic rings. The average Bonchev–Trinajstić information content (AvgIpc) is 2.23. The summed E-state index contributed by atoms with van der Waals surface area (Å²) in [5, 5.41) is 8.61. The molecule has 0 aliphatic heterocycles. The second-order valence-electron chi connectivity index (χ2n) is 2.82. The average molecular weight is 317 g/mol. The molecule has 1 unspecified atom stereocenters. The van der Waals surface area contributed by atoms with Crippen molar-refractivity contribution in [1.29, 1.82) is 0 Å². The summed E-state index contributed by atoms with van der Waals surface area (Å²) < 4.78 is 9.50. The normalized spacial score (nSPS) is 14.1. The molecule has 94 valence electrons. The van der Waals surface area contributed by atoms with Crippen molar-refractivity contribution in [3.05, 3.63) is 27.7 Å². The zero-order chi connectivity index (χ0) is 13.2. The van der Waals surface area contributed by atoms with E-state index in [0.717, 1.165) is 12.1 Å². The molecule has 0 spiro atoms. The van der Waals surface area contributed by atoms with Gasteiger partial charge in [-0.15, -0.1) is 0 Å². The summed E-state index contributed by atoms with van der Waals surface area (Å²) in [6, 6.07) is 2.27. The van der Waals surface area contributed by atoms with E-state index < -0.39 is 12.7 Å². The van der Waals surface area contributed by atoms with E-state index in [4.69, 9.17) is 32.8 Å². The van der Waals surface area contributed by atoms with Gasteiger partial charge in [-0.1, -0.05) is 23.2 Å². The fraction of sp³-hybridized carbons (Fsp3) is 0.125. The van der Waals surface area contributed by atoms with Gasteiger partial charge in [0.1, 0.15) is 0 Å². The second kappa shape index (κ2) is 5.52. The molecule has 0 fully saturated rings. The maximum Gasteiger partial charge on any atom is 0.377 e. The maximum atomic E-state index is 10.7. The maximum absolute atomic E-state index is 10.7. The van der Waals surface area contributed by atoms with Crippen LogP contribution >= 0.6 is 29.9 Å². The van der Waals surface area contributed by atoms with Crippen LogP contribution in [0.25, 0.3) is 0 Å². The highest BCUT2D eigenvalue weighted by molar-refractivity contribution is 8.07. The first-order valence-electron chi connectivity index (χ1n) is 4.07. The first kappa shape index (κ1) is 14.7. The molecule has 17 heavy (non-hydrogen) atoms. The summed E-state index contributed by atoms with van der Waals surface area (Å²) in [7, 11) is 1.17. The summed E-state index contributed by atoms with van der Waals surface area (Å²) in [6.45, 7) is -3.47. The third-order valence-electron chi connectivity index (χ3n) is 1.68. The third-order valence-corrected chi connectivity index (χ3v) is 3.79. The van der Waals surface area contributed by atoms with Crippen LogP contribution in [0.5, 0.6) is 5.75 Å². The molecule has 1 aromatic carbocycles. The third kappa shape index (κ3) is 3.81. The van der Waals surface area contributed by atoms with Crippen molar-refractivity contribution in [2.75, 3.05) is 7.11 Å². The fourth-order valence-corrected chi connectivity index (χ4v) is 2.32. The summed E-state index contributed by atoms with van der Waals surface area (Å²) in [5.41, 5.74) is -0.101. The minimum absolute atomic E-state index is 0.0739. The van der Waals surface area contributed by atoms with Crippen LogP contribution in [0.1, 0.15) is 10.4 Å². The van der Waals surface area contributed by atoms with Crippen molar-refractivity contribution < 1.29 is 23.8 Å². The molecule has 0 radical (unpaired) electrons. The zero-order valence-electron chi connectivity index (χ0n) is 8.39. The molecule has 5 nitrogen and oxygen atoms in total. The van der Waals surface area contributed by atoms with Gasteiger partial charge in [-0.3, -0.25) is 0 Å². The lowest BCUT2D eigenvalue weighted by Crippen LogP contribution is -1.99. The lowest BCUT2D eigenvalue weighted by atomic mass is 10.2. The molecular formula is C8H7Cl2O5PS. The largest absolute Gasteiger partial charge is 0.478 e. The van der Waals surface area contributed by atoms with E-state index >= 15 is 0 Å². The highest BCUT2D eigenvalue weighted by atomic mass is 35.5. The van der Waals surface area contributed by atoms with Gasteiger partial charge in [0.2, 0.25) is 0 Å². The Morgan fingerprint density at radius 1 is 1.41 bits per heavy atom. The van der Waals surface area contributed by atoms with Crippen LogP contribution in [-0.4, -0.2) is 23.1 Å². The van der Waals surface area contributed by atoms with Gasteiger partial charge in [0.15, 0.2) is 5.75 Å². The van der Waals surface area contributed by atoms with E-state index in [9.17, 15) is 9.69 Å². The van der Waals surface area contributed by atoms with Gasteiger partial charge in [0.25, 0.3) is 0 Å². The van der Waals surface area contributed by atoms with Gasteiger partial charge in [-0.05, 0) is 12.1 Å². The minimum Gasteiger partial charge on any atom is -0.478 e. The standard InChI is InChI=1S/C8H7Cl2O5PS/c1-14-16(13,17)15-7-5(9)2-4(8(11)12)3-6(7)10/h2-3H,1H3,(H,11,12)(H,13,17). The Balaban J connectivity index is 3.19. The molecule has 0 saturated heterocycles. The van der Waals surface area contributed by atoms with Gasteiger partial charge in [0.05, 0.1) is 15.6 Å². The van der Waals surface area contributed by atoms with Crippen molar-refractivity contribution in [3.63, 3.8) is 0 Å². The van der Waals surface area contributed by atoms with E-state index in [1.165, 1.54) is 7.11 Å². The van der Waals surface area contributed by atoms with Crippen LogP contribution in [-0.2, 0) is 16.3 Å². The van der Waals surface area contributed by atoms with Crippen LogP contribution in [0, 0.1) is 0 Å². The van der Waals surface area contributed by atoms with E-state index in [0.29, 0.717) is 0 Å². The van der Waals surface area contributed by atoms with E-state index in [1.807, 2.05) is 0 Å². The Bertz CT molecular complexity index is 484. The Hall–Kier alpha value is -0.360. The Morgan fingerprint density at radius 3 is 2.24 bits per heavy atom. The summed E-state index contributed by atoms with van der Waals surface area (Å²) in [6.07, 6.45) is 0. The van der Waals surface area contributed by atoms with E-state index in [-0.39, 0.29) is 21.4 Å². The molecule has 0 aliphatic carbocycles. The minimum atomic E-state index is -3.47. The molecule has 0 bridgehead atoms. The fourth-order valence-electron chi connectivity index (χ4n) is 0.923. The monoisotopic (exact) mass is 316 g/mol. The van der Waals surface area contributed by atoms with Crippen LogP contribution in [0.15, 0.2) is 12.1 Å². The van der Waals surface area contributed by atoms with Crippen molar-refractivity contribution >= 4 is 47.7 Å². The second-order valence-corrected chi connectivity index (χ2v) is 6.50. The quantitative estimate of drug-likeness (QED) is 0.832. The number of carboxylic acid groups (broad SMARTS) is 1. The Labute approximate surface area is 112 Å². The first-order valence-corrected chi connectivity index (χ1v) is 7.42. The van der Waals surface area contributed by atoms with Crippen molar-refractivity contribution in [3.8, 4) is 5.75 Å². The number of hydrogen-bond donors (Lipinski definition) is 2. The Morgan fingerprint density at radius 2 is 1.88 bits per heavy atom. The lowest BCUT2D eigenvalue weighted by Gasteiger charge is -2.16. The van der Waals surface area contributed by atoms with Crippen LogP contribution in [0.4, 0.5) is 0 Å². The van der Waals surface area contributed by atoms with Crippen molar-refractivity contribution in [2.24, 2.45) is 0 Å². The number of halogens is 2. The summed E-state index contributed by atoms with van der Waals surface area (Å²) >= 11 is 16.2. The molecule has 0 aromatic heterocycles. The molecule has 2 N–H and O–H groups in total. The highest BCUT2D eigenvalue weighted by Gasteiger charge is 2.20. The van der Waals surface area contributed by atoms with E-state index in [2.05, 4.69) is 16.3 Å². The molecule has 9 heteroatoms. The predicted octanol–water partition coefficient (Wildman–Crippen LogP) is 2.93. The lowest BCUT2D eigenvalue weighted by molar-refractivity contribution is 0.0697. The van der Waals surface area contributed by atoms with Crippen LogP contribution in [0.3, 0.4) is 0 Å².